The predicted molar refractivity (Wildman–Crippen MR) is 82.5 cm³/mol. The highest BCUT2D eigenvalue weighted by molar-refractivity contribution is 6.35. The summed E-state index contributed by atoms with van der Waals surface area (Å²) in [6.07, 6.45) is 2.63. The fraction of sp³-hybridized carbons (Fsp3) is 0.600. The third-order valence-corrected chi connectivity index (χ3v) is 4.54. The monoisotopic (exact) mass is 314 g/mol. The molecule has 2 fully saturated rings. The lowest BCUT2D eigenvalue weighted by Crippen LogP contribution is -2.50. The lowest BCUT2D eigenvalue weighted by molar-refractivity contribution is -0.0110. The zero-order valence-electron chi connectivity index (χ0n) is 11.4. The molecule has 1 N–H and O–H groups in total. The van der Waals surface area contributed by atoms with Crippen LogP contribution in [0.15, 0.2) is 18.2 Å². The Morgan fingerprint density at radius 2 is 2.15 bits per heavy atom. The van der Waals surface area contributed by atoms with Crippen LogP contribution in [0.25, 0.3) is 0 Å². The van der Waals surface area contributed by atoms with Crippen molar-refractivity contribution < 1.29 is 4.74 Å². The topological polar surface area (TPSA) is 24.5 Å². The maximum absolute atomic E-state index is 6.28. The third-order valence-electron chi connectivity index (χ3n) is 3.96. The van der Waals surface area contributed by atoms with Crippen molar-refractivity contribution in [2.24, 2.45) is 0 Å². The van der Waals surface area contributed by atoms with Crippen LogP contribution in [0.1, 0.15) is 18.4 Å². The Balaban J connectivity index is 1.62. The Morgan fingerprint density at radius 3 is 2.90 bits per heavy atom. The normalized spacial score (nSPS) is 24.0. The van der Waals surface area contributed by atoms with Gasteiger partial charge in [0.2, 0.25) is 0 Å². The average Bonchev–Trinajstić information content (AvgIpc) is 3.25. The van der Waals surface area contributed by atoms with Gasteiger partial charge in [-0.1, -0.05) is 29.3 Å². The molecule has 0 aromatic heterocycles. The number of morpholine rings is 1. The molecule has 3 rings (SSSR count). The van der Waals surface area contributed by atoms with Gasteiger partial charge in [-0.15, -0.1) is 0 Å². The summed E-state index contributed by atoms with van der Waals surface area (Å²) in [6.45, 7) is 4.40. The van der Waals surface area contributed by atoms with Crippen molar-refractivity contribution in [3.8, 4) is 0 Å². The van der Waals surface area contributed by atoms with Gasteiger partial charge in [0.15, 0.2) is 0 Å². The average molecular weight is 315 g/mol. The van der Waals surface area contributed by atoms with Crippen molar-refractivity contribution >= 4 is 23.2 Å². The van der Waals surface area contributed by atoms with Crippen LogP contribution in [0.4, 0.5) is 0 Å². The van der Waals surface area contributed by atoms with Crippen LogP contribution in [-0.2, 0) is 11.3 Å². The van der Waals surface area contributed by atoms with E-state index in [4.69, 9.17) is 27.9 Å². The molecule has 1 aliphatic carbocycles. The van der Waals surface area contributed by atoms with Crippen LogP contribution in [0, 0.1) is 0 Å². The number of halogens is 2. The van der Waals surface area contributed by atoms with E-state index in [0.29, 0.717) is 11.1 Å². The number of hydrogen-bond acceptors (Lipinski definition) is 3. The summed E-state index contributed by atoms with van der Waals surface area (Å²) in [5.74, 6) is 0. The number of benzene rings is 1. The Bertz CT molecular complexity index is 465. The summed E-state index contributed by atoms with van der Waals surface area (Å²) >= 11 is 12.2. The van der Waals surface area contributed by atoms with Gasteiger partial charge in [0.25, 0.3) is 0 Å². The highest BCUT2D eigenvalue weighted by Crippen LogP contribution is 2.24. The van der Waals surface area contributed by atoms with Crippen LogP contribution in [0.3, 0.4) is 0 Å². The molecule has 0 amide bonds. The summed E-state index contributed by atoms with van der Waals surface area (Å²) in [7, 11) is 0. The van der Waals surface area contributed by atoms with Gasteiger partial charge in [-0.05, 0) is 30.5 Å². The van der Waals surface area contributed by atoms with Crippen molar-refractivity contribution in [1.82, 2.24) is 10.2 Å². The number of hydrogen-bond donors (Lipinski definition) is 1. The van der Waals surface area contributed by atoms with E-state index in [2.05, 4.69) is 10.2 Å². The second-order valence-corrected chi connectivity index (χ2v) is 6.46. The van der Waals surface area contributed by atoms with Crippen LogP contribution in [0.2, 0.25) is 10.0 Å². The fourth-order valence-electron chi connectivity index (χ4n) is 2.54. The van der Waals surface area contributed by atoms with Crippen molar-refractivity contribution in [3.05, 3.63) is 33.8 Å². The maximum Gasteiger partial charge on any atom is 0.0635 e. The van der Waals surface area contributed by atoms with Gasteiger partial charge in [0, 0.05) is 41.8 Å². The molecule has 1 saturated heterocycles. The summed E-state index contributed by atoms with van der Waals surface area (Å²) in [5.41, 5.74) is 1.13. The summed E-state index contributed by atoms with van der Waals surface area (Å²) in [6, 6.07) is 6.90. The van der Waals surface area contributed by atoms with E-state index in [0.717, 1.165) is 49.5 Å². The van der Waals surface area contributed by atoms with Gasteiger partial charge >= 0.3 is 0 Å². The lowest BCUT2D eigenvalue weighted by atomic mass is 10.1. The molecular formula is C15H20Cl2N2O. The molecule has 110 valence electrons. The van der Waals surface area contributed by atoms with Crippen molar-refractivity contribution in [2.75, 3.05) is 26.3 Å². The molecule has 1 aromatic rings. The van der Waals surface area contributed by atoms with E-state index in [-0.39, 0.29) is 0 Å². The van der Waals surface area contributed by atoms with Crippen molar-refractivity contribution in [2.45, 2.75) is 31.5 Å². The SMILES string of the molecule is Clc1ccc(CN2CCOCC2CNC2CC2)c(Cl)c1. The number of nitrogens with one attached hydrogen (secondary N) is 1. The molecule has 1 unspecified atom stereocenters. The molecule has 20 heavy (non-hydrogen) atoms. The van der Waals surface area contributed by atoms with Crippen molar-refractivity contribution in [3.63, 3.8) is 0 Å². The van der Waals surface area contributed by atoms with Gasteiger partial charge in [-0.3, -0.25) is 4.90 Å². The van der Waals surface area contributed by atoms with Crippen LogP contribution >= 0.6 is 23.2 Å². The number of rotatable bonds is 5. The van der Waals surface area contributed by atoms with Crippen LogP contribution < -0.4 is 5.32 Å². The Hall–Kier alpha value is -0.320. The van der Waals surface area contributed by atoms with Crippen LogP contribution in [0.5, 0.6) is 0 Å². The first-order chi connectivity index (χ1) is 9.72. The number of nitrogens with zero attached hydrogens (tertiary/aromatic N) is 1. The summed E-state index contributed by atoms with van der Waals surface area (Å²) in [4.78, 5) is 2.45. The van der Waals surface area contributed by atoms with E-state index in [1.165, 1.54) is 12.8 Å². The molecule has 1 aliphatic heterocycles. The van der Waals surface area contributed by atoms with E-state index >= 15 is 0 Å². The predicted octanol–water partition coefficient (Wildman–Crippen LogP) is 2.95. The minimum Gasteiger partial charge on any atom is -0.378 e. The second-order valence-electron chi connectivity index (χ2n) is 5.62. The Morgan fingerprint density at radius 1 is 1.30 bits per heavy atom. The zero-order valence-corrected chi connectivity index (χ0v) is 13.0. The molecule has 1 atom stereocenters. The maximum atomic E-state index is 6.28. The first-order valence-electron chi connectivity index (χ1n) is 7.21. The van der Waals surface area contributed by atoms with E-state index in [1.807, 2.05) is 18.2 Å². The second kappa shape index (κ2) is 6.63. The van der Waals surface area contributed by atoms with Crippen molar-refractivity contribution in [1.29, 1.82) is 0 Å². The smallest absolute Gasteiger partial charge is 0.0635 e. The van der Waals surface area contributed by atoms with E-state index < -0.39 is 0 Å². The minimum absolute atomic E-state index is 0.427. The summed E-state index contributed by atoms with van der Waals surface area (Å²) < 4.78 is 5.62. The Kier molecular flexibility index (Phi) is 4.84. The molecule has 2 aliphatic rings. The standard InChI is InChI=1S/C15H20Cl2N2O/c16-12-2-1-11(15(17)7-12)9-19-5-6-20-10-14(19)8-18-13-3-4-13/h1-2,7,13-14,18H,3-6,8-10H2. The molecule has 0 spiro atoms. The van der Waals surface area contributed by atoms with Gasteiger partial charge < -0.3 is 10.1 Å². The quantitative estimate of drug-likeness (QED) is 0.904. The summed E-state index contributed by atoms with van der Waals surface area (Å²) in [5, 5.41) is 5.03. The molecule has 0 radical (unpaired) electrons. The lowest BCUT2D eigenvalue weighted by Gasteiger charge is -2.36. The van der Waals surface area contributed by atoms with Gasteiger partial charge in [-0.25, -0.2) is 0 Å². The highest BCUT2D eigenvalue weighted by Gasteiger charge is 2.27. The molecule has 0 bridgehead atoms. The Labute approximate surface area is 130 Å². The van der Waals surface area contributed by atoms with Gasteiger partial charge in [-0.2, -0.15) is 0 Å². The van der Waals surface area contributed by atoms with E-state index in [1.54, 1.807) is 0 Å². The third kappa shape index (κ3) is 3.86. The molecule has 1 aromatic carbocycles. The van der Waals surface area contributed by atoms with Gasteiger partial charge in [0.1, 0.15) is 0 Å². The zero-order chi connectivity index (χ0) is 13.9. The first kappa shape index (κ1) is 14.6. The highest BCUT2D eigenvalue weighted by atomic mass is 35.5. The molecule has 5 heteroatoms. The number of ether oxygens (including phenoxy) is 1. The molecular weight excluding hydrogens is 295 g/mol. The molecule has 1 heterocycles. The first-order valence-corrected chi connectivity index (χ1v) is 7.97. The molecule has 1 saturated carbocycles. The van der Waals surface area contributed by atoms with Crippen LogP contribution in [-0.4, -0.2) is 43.3 Å². The largest absolute Gasteiger partial charge is 0.378 e. The van der Waals surface area contributed by atoms with Gasteiger partial charge in [0.05, 0.1) is 13.2 Å². The van der Waals surface area contributed by atoms with E-state index in [9.17, 15) is 0 Å². The molecule has 3 nitrogen and oxygen atoms in total. The minimum atomic E-state index is 0.427. The fourth-order valence-corrected chi connectivity index (χ4v) is 3.01.